The molecule has 0 heterocycles. The van der Waals surface area contributed by atoms with Crippen molar-refractivity contribution in [3.8, 4) is 0 Å². The molecule has 7 heteroatoms. The van der Waals surface area contributed by atoms with E-state index in [1.165, 1.54) is 0 Å². The van der Waals surface area contributed by atoms with Gasteiger partial charge < -0.3 is 14.9 Å². The van der Waals surface area contributed by atoms with Gasteiger partial charge in [0, 0.05) is 0 Å². The Bertz CT molecular complexity index is 285. The van der Waals surface area contributed by atoms with Crippen molar-refractivity contribution >= 4 is 43.8 Å². The lowest BCUT2D eigenvalue weighted by molar-refractivity contribution is -0.147. The molecule has 1 atom stereocenters. The van der Waals surface area contributed by atoms with Crippen molar-refractivity contribution in [2.75, 3.05) is 0 Å². The summed E-state index contributed by atoms with van der Waals surface area (Å²) in [7, 11) is 0. The van der Waals surface area contributed by atoms with Gasteiger partial charge in [-0.3, -0.25) is 9.59 Å². The predicted octanol–water partition coefficient (Wildman–Crippen LogP) is 2.30. The van der Waals surface area contributed by atoms with E-state index in [9.17, 15) is 14.7 Å². The third kappa shape index (κ3) is 6.51. The average Bonchev–Trinajstić information content (AvgIpc) is 2.13. The molecule has 86 valence electrons. The summed E-state index contributed by atoms with van der Waals surface area (Å²) >= 11 is 6.15. The number of aliphatic carboxylic acids is 1. The minimum absolute atomic E-state index is 0.204. The van der Waals surface area contributed by atoms with E-state index >= 15 is 0 Å². The summed E-state index contributed by atoms with van der Waals surface area (Å²) < 4.78 is 4.76. The quantitative estimate of drug-likeness (QED) is 0.453. The highest BCUT2D eigenvalue weighted by Crippen LogP contribution is 2.21. The highest BCUT2D eigenvalue weighted by molar-refractivity contribution is 9.14. The van der Waals surface area contributed by atoms with Crippen LogP contribution in [-0.4, -0.2) is 27.0 Å². The van der Waals surface area contributed by atoms with Crippen LogP contribution in [0.2, 0.25) is 0 Å². The molecule has 0 spiro atoms. The lowest BCUT2D eigenvalue weighted by Gasteiger charge is -2.06. The van der Waals surface area contributed by atoms with Gasteiger partial charge >= 0.3 is 11.9 Å². The van der Waals surface area contributed by atoms with Gasteiger partial charge in [0.25, 0.3) is 5.95 Å². The largest absolute Gasteiger partial charge is 0.481 e. The Morgan fingerprint density at radius 2 is 1.87 bits per heavy atom. The van der Waals surface area contributed by atoms with E-state index in [-0.39, 0.29) is 22.2 Å². The van der Waals surface area contributed by atoms with E-state index in [0.717, 1.165) is 0 Å². The van der Waals surface area contributed by atoms with Gasteiger partial charge in [-0.1, -0.05) is 15.9 Å². The molecule has 0 aromatic heterocycles. The smallest absolute Gasteiger partial charge is 0.314 e. The lowest BCUT2D eigenvalue weighted by atomic mass is 10.3. The number of esters is 1. The number of hydrogen-bond acceptors (Lipinski definition) is 4. The van der Waals surface area contributed by atoms with Crippen molar-refractivity contribution in [3.63, 3.8) is 0 Å². The first-order chi connectivity index (χ1) is 6.84. The highest BCUT2D eigenvalue weighted by atomic mass is 79.9. The average molecular weight is 346 g/mol. The summed E-state index contributed by atoms with van der Waals surface area (Å²) in [5.41, 5.74) is 0. The molecule has 0 rings (SSSR count). The normalized spacial score (nSPS) is 14.1. The molecule has 0 radical (unpaired) electrons. The van der Waals surface area contributed by atoms with Crippen LogP contribution in [0.1, 0.15) is 19.8 Å². The van der Waals surface area contributed by atoms with E-state index in [1.54, 1.807) is 6.92 Å². The number of carbonyl (C=O) groups is 2. The third-order valence-electron chi connectivity index (χ3n) is 1.31. The summed E-state index contributed by atoms with van der Waals surface area (Å²) in [5, 5.41) is 17.5. The number of allylic oxidation sites excluding steroid dienone is 1. The van der Waals surface area contributed by atoms with Crippen LogP contribution < -0.4 is 0 Å². The first-order valence-corrected chi connectivity index (χ1v) is 5.70. The monoisotopic (exact) mass is 344 g/mol. The first-order valence-electron chi connectivity index (χ1n) is 3.99. The molecule has 15 heavy (non-hydrogen) atoms. The summed E-state index contributed by atoms with van der Waals surface area (Å²) in [6, 6.07) is 0. The summed E-state index contributed by atoms with van der Waals surface area (Å²) in [4.78, 5) is 20.9. The van der Waals surface area contributed by atoms with Crippen molar-refractivity contribution < 1.29 is 24.5 Å². The van der Waals surface area contributed by atoms with Gasteiger partial charge in [-0.25, -0.2) is 0 Å². The second-order valence-electron chi connectivity index (χ2n) is 2.64. The maximum absolute atomic E-state index is 11.0. The predicted molar refractivity (Wildman–Crippen MR) is 59.9 cm³/mol. The molecule has 5 nitrogen and oxygen atoms in total. The van der Waals surface area contributed by atoms with Crippen LogP contribution in [0.15, 0.2) is 10.4 Å². The Kier molecular flexibility index (Phi) is 6.58. The molecule has 0 amide bonds. The van der Waals surface area contributed by atoms with E-state index in [2.05, 4.69) is 36.6 Å². The molecular weight excluding hydrogens is 336 g/mol. The number of hydrogen-bond donors (Lipinski definition) is 2. The Morgan fingerprint density at radius 3 is 2.27 bits per heavy atom. The molecule has 0 aliphatic heterocycles. The maximum Gasteiger partial charge on any atom is 0.314 e. The molecule has 0 saturated carbocycles. The summed E-state index contributed by atoms with van der Waals surface area (Å²) in [5.74, 6) is -2.45. The number of halogens is 2. The minimum Gasteiger partial charge on any atom is -0.481 e. The van der Waals surface area contributed by atoms with Crippen LogP contribution in [0.4, 0.5) is 0 Å². The van der Waals surface area contributed by atoms with Gasteiger partial charge in [-0.15, -0.1) is 0 Å². The topological polar surface area (TPSA) is 83.8 Å². The molecule has 0 aromatic rings. The van der Waals surface area contributed by atoms with Gasteiger partial charge in [0.1, 0.15) is 0 Å². The SMILES string of the molecule is CC(Br)C(Br)=C(O)OC(=O)CCC(=O)O. The van der Waals surface area contributed by atoms with Crippen LogP contribution in [0, 0.1) is 0 Å². The fourth-order valence-corrected chi connectivity index (χ4v) is 0.864. The van der Waals surface area contributed by atoms with Crippen molar-refractivity contribution in [3.05, 3.63) is 10.4 Å². The van der Waals surface area contributed by atoms with Crippen molar-refractivity contribution in [2.45, 2.75) is 24.6 Å². The maximum atomic E-state index is 11.0. The van der Waals surface area contributed by atoms with E-state index in [1.807, 2.05) is 0 Å². The van der Waals surface area contributed by atoms with Gasteiger partial charge in [-0.05, 0) is 22.9 Å². The Balaban J connectivity index is 4.18. The van der Waals surface area contributed by atoms with Crippen LogP contribution in [-0.2, 0) is 14.3 Å². The van der Waals surface area contributed by atoms with Gasteiger partial charge in [0.2, 0.25) is 0 Å². The van der Waals surface area contributed by atoms with Crippen LogP contribution in [0.25, 0.3) is 0 Å². The Morgan fingerprint density at radius 1 is 1.33 bits per heavy atom. The summed E-state index contributed by atoms with van der Waals surface area (Å²) in [6.45, 7) is 1.71. The number of carboxylic acids is 1. The second-order valence-corrected chi connectivity index (χ2v) is 4.86. The number of alkyl halides is 1. The van der Waals surface area contributed by atoms with Gasteiger partial charge in [0.05, 0.1) is 22.2 Å². The standard InChI is InChI=1S/C8H10Br2O5/c1-4(9)7(10)8(14)15-6(13)3-2-5(11)12/h4,14H,2-3H2,1H3,(H,11,12). The molecule has 0 fully saturated rings. The van der Waals surface area contributed by atoms with Crippen LogP contribution in [0.5, 0.6) is 0 Å². The summed E-state index contributed by atoms with van der Waals surface area (Å²) in [6.07, 6.45) is -0.607. The second kappa shape index (κ2) is 6.84. The van der Waals surface area contributed by atoms with Crippen molar-refractivity contribution in [1.82, 2.24) is 0 Å². The fourth-order valence-electron chi connectivity index (χ4n) is 0.587. The molecule has 0 saturated heterocycles. The molecule has 1 unspecified atom stereocenters. The molecule has 0 aliphatic carbocycles. The zero-order valence-corrected chi connectivity index (χ0v) is 11.0. The van der Waals surface area contributed by atoms with Crippen molar-refractivity contribution in [1.29, 1.82) is 0 Å². The number of ether oxygens (including phenoxy) is 1. The van der Waals surface area contributed by atoms with E-state index < -0.39 is 17.9 Å². The Labute approximate surface area is 103 Å². The molecule has 2 N–H and O–H groups in total. The van der Waals surface area contributed by atoms with E-state index in [4.69, 9.17) is 5.11 Å². The number of rotatable bonds is 5. The molecule has 0 bridgehead atoms. The number of carbonyl (C=O) groups excluding carboxylic acids is 1. The fraction of sp³-hybridized carbons (Fsp3) is 0.500. The lowest BCUT2D eigenvalue weighted by Crippen LogP contribution is -2.09. The Hall–Kier alpha value is -0.560. The zero-order chi connectivity index (χ0) is 12.0. The van der Waals surface area contributed by atoms with Crippen LogP contribution >= 0.6 is 31.9 Å². The number of aliphatic hydroxyl groups is 1. The molecular formula is C8H10Br2O5. The minimum atomic E-state index is -1.09. The number of aliphatic hydroxyl groups excluding tert-OH is 1. The first kappa shape index (κ1) is 14.4. The number of carboxylic acid groups (broad SMARTS) is 1. The third-order valence-corrected chi connectivity index (χ3v) is 3.41. The van der Waals surface area contributed by atoms with Gasteiger partial charge in [-0.2, -0.15) is 0 Å². The zero-order valence-electron chi connectivity index (χ0n) is 7.87. The molecule has 0 aliphatic rings. The van der Waals surface area contributed by atoms with Crippen molar-refractivity contribution in [2.24, 2.45) is 0 Å². The highest BCUT2D eigenvalue weighted by Gasteiger charge is 2.14. The molecule has 0 aromatic carbocycles. The van der Waals surface area contributed by atoms with E-state index in [0.29, 0.717) is 0 Å². The van der Waals surface area contributed by atoms with Gasteiger partial charge in [0.15, 0.2) is 0 Å². The van der Waals surface area contributed by atoms with Crippen LogP contribution in [0.3, 0.4) is 0 Å².